The van der Waals surface area contributed by atoms with Crippen molar-refractivity contribution in [3.63, 3.8) is 0 Å². The average Bonchev–Trinajstić information content (AvgIpc) is 1.56. The highest BCUT2D eigenvalue weighted by Crippen LogP contribution is 2.26. The first kappa shape index (κ1) is 81.6. The van der Waals surface area contributed by atoms with Crippen LogP contribution in [0.25, 0.3) is 0 Å². The Bertz CT molecular complexity index is 1790. The summed E-state index contributed by atoms with van der Waals surface area (Å²) in [4.78, 5) is 26.7. The minimum absolute atomic E-state index is 0.119. The first-order chi connectivity index (χ1) is 42.7. The van der Waals surface area contributed by atoms with Crippen molar-refractivity contribution in [2.75, 3.05) is 13.2 Å². The molecule has 1 fully saturated rings. The van der Waals surface area contributed by atoms with Crippen LogP contribution in [0.3, 0.4) is 0 Å². The Morgan fingerprint density at radius 3 is 1.26 bits per heavy atom. The molecule has 0 radical (unpaired) electrons. The van der Waals surface area contributed by atoms with Crippen LogP contribution in [0.4, 0.5) is 0 Å². The Labute approximate surface area is 533 Å². The van der Waals surface area contributed by atoms with Crippen molar-refractivity contribution in [1.29, 1.82) is 0 Å². The van der Waals surface area contributed by atoms with Crippen LogP contribution < -0.4 is 5.32 Å². The standard InChI is InChI=1S/C76H133NO10/c1-4-7-10-13-16-19-22-24-26-28-30-32-33-34-35-36-37-38-40-42-44-46-49-52-55-58-61-64-71(81)87-74-73(83)72(82)70(65-78)86-76(74)85-66-67(68(79)62-59-56-53-50-47-21-18-15-12-9-6-3)77-75(84)69(80)63-60-57-54-51-48-45-43-41-39-31-29-27-25-23-20-17-14-11-8-5-2/h8,11,16-17,19-20,24-27,31,39,43,45,59,62,67-70,72-74,76,78-80,82-83H,4-7,9-10,12-15,18,21-23,28-30,32-38,40-42,44,46-58,60-61,63-66H2,1-3H3,(H,77,84)/b11-8-,19-16-,20-17-,26-24-,27-25-,39-31-,45-43-,62-59+. The molecular weight excluding hydrogens is 1090 g/mol. The lowest BCUT2D eigenvalue weighted by molar-refractivity contribution is -0.305. The molecule has 502 valence electrons. The molecule has 1 aliphatic rings. The van der Waals surface area contributed by atoms with Crippen molar-refractivity contribution >= 4 is 11.9 Å². The van der Waals surface area contributed by atoms with E-state index >= 15 is 0 Å². The van der Waals surface area contributed by atoms with Gasteiger partial charge < -0.3 is 45.1 Å². The third-order valence-electron chi connectivity index (χ3n) is 16.5. The molecule has 1 aliphatic heterocycles. The zero-order valence-electron chi connectivity index (χ0n) is 55.9. The van der Waals surface area contributed by atoms with Crippen molar-refractivity contribution in [1.82, 2.24) is 5.32 Å². The van der Waals surface area contributed by atoms with Crippen molar-refractivity contribution in [3.8, 4) is 0 Å². The maximum Gasteiger partial charge on any atom is 0.306 e. The fourth-order valence-electron chi connectivity index (χ4n) is 10.8. The number of aliphatic hydroxyl groups excluding tert-OH is 5. The molecule has 1 saturated heterocycles. The minimum Gasteiger partial charge on any atom is -0.454 e. The molecular formula is C76H133NO10. The number of rotatable bonds is 61. The first-order valence-corrected chi connectivity index (χ1v) is 36.0. The van der Waals surface area contributed by atoms with Gasteiger partial charge in [-0.2, -0.15) is 0 Å². The number of ether oxygens (including phenoxy) is 3. The van der Waals surface area contributed by atoms with Crippen LogP contribution in [0.2, 0.25) is 0 Å². The number of carbonyl (C=O) groups is 2. The molecule has 0 saturated carbocycles. The van der Waals surface area contributed by atoms with Gasteiger partial charge in [0.15, 0.2) is 12.4 Å². The van der Waals surface area contributed by atoms with E-state index in [1.807, 2.05) is 6.08 Å². The van der Waals surface area contributed by atoms with Gasteiger partial charge >= 0.3 is 5.97 Å². The van der Waals surface area contributed by atoms with E-state index in [2.05, 4.69) is 111 Å². The number of allylic oxidation sites excluding steroid dienone is 15. The molecule has 1 amide bonds. The second-order valence-corrected chi connectivity index (χ2v) is 24.6. The van der Waals surface area contributed by atoms with Gasteiger partial charge in [0.25, 0.3) is 0 Å². The van der Waals surface area contributed by atoms with Gasteiger partial charge in [-0.15, -0.1) is 0 Å². The summed E-state index contributed by atoms with van der Waals surface area (Å²) in [5.74, 6) is -1.21. The van der Waals surface area contributed by atoms with Gasteiger partial charge in [-0.05, 0) is 103 Å². The van der Waals surface area contributed by atoms with Gasteiger partial charge in [-0.1, -0.05) is 298 Å². The van der Waals surface area contributed by atoms with Gasteiger partial charge in [0.05, 0.1) is 25.4 Å². The monoisotopic (exact) mass is 1220 g/mol. The molecule has 8 atom stereocenters. The number of amides is 1. The lowest BCUT2D eigenvalue weighted by atomic mass is 9.99. The zero-order valence-corrected chi connectivity index (χ0v) is 55.9. The maximum absolute atomic E-state index is 13.5. The Kier molecular flexibility index (Phi) is 58.9. The Hall–Kier alpha value is -3.42. The predicted octanol–water partition coefficient (Wildman–Crippen LogP) is 18.6. The van der Waals surface area contributed by atoms with E-state index in [4.69, 9.17) is 14.2 Å². The molecule has 11 nitrogen and oxygen atoms in total. The van der Waals surface area contributed by atoms with Gasteiger partial charge in [0.2, 0.25) is 5.91 Å². The van der Waals surface area contributed by atoms with Crippen LogP contribution in [0, 0.1) is 0 Å². The molecule has 8 unspecified atom stereocenters. The quantitative estimate of drug-likeness (QED) is 0.0195. The molecule has 1 rings (SSSR count). The van der Waals surface area contributed by atoms with Crippen LogP contribution in [0.15, 0.2) is 97.2 Å². The summed E-state index contributed by atoms with van der Waals surface area (Å²) in [5, 5.41) is 57.2. The predicted molar refractivity (Wildman–Crippen MR) is 365 cm³/mol. The van der Waals surface area contributed by atoms with Crippen molar-refractivity contribution < 1.29 is 49.3 Å². The highest BCUT2D eigenvalue weighted by molar-refractivity contribution is 5.80. The van der Waals surface area contributed by atoms with Crippen LogP contribution in [0.1, 0.15) is 310 Å². The van der Waals surface area contributed by atoms with Crippen LogP contribution in [-0.4, -0.2) is 99.6 Å². The third-order valence-corrected chi connectivity index (χ3v) is 16.5. The first-order valence-electron chi connectivity index (χ1n) is 36.0. The van der Waals surface area contributed by atoms with E-state index < -0.39 is 67.4 Å². The number of esters is 1. The fraction of sp³-hybridized carbons (Fsp3) is 0.763. The Balaban J connectivity index is 2.54. The maximum atomic E-state index is 13.5. The van der Waals surface area contributed by atoms with E-state index in [1.165, 1.54) is 154 Å². The average molecular weight is 1220 g/mol. The van der Waals surface area contributed by atoms with Gasteiger partial charge in [-0.25, -0.2) is 0 Å². The number of nitrogens with one attached hydrogen (secondary N) is 1. The summed E-state index contributed by atoms with van der Waals surface area (Å²) < 4.78 is 17.7. The summed E-state index contributed by atoms with van der Waals surface area (Å²) in [6.45, 7) is 5.66. The largest absolute Gasteiger partial charge is 0.454 e. The zero-order chi connectivity index (χ0) is 63.1. The fourth-order valence-corrected chi connectivity index (χ4v) is 10.8. The molecule has 0 aromatic carbocycles. The van der Waals surface area contributed by atoms with E-state index in [0.717, 1.165) is 109 Å². The molecule has 0 aromatic heterocycles. The second-order valence-electron chi connectivity index (χ2n) is 24.6. The topological polar surface area (TPSA) is 175 Å². The van der Waals surface area contributed by atoms with Crippen molar-refractivity contribution in [2.45, 2.75) is 359 Å². The minimum atomic E-state index is -1.62. The number of hydrogen-bond donors (Lipinski definition) is 6. The number of hydrogen-bond acceptors (Lipinski definition) is 10. The molecule has 87 heavy (non-hydrogen) atoms. The van der Waals surface area contributed by atoms with Gasteiger partial charge in [-0.3, -0.25) is 9.59 Å². The summed E-state index contributed by atoms with van der Waals surface area (Å²) in [7, 11) is 0. The SMILES string of the molecule is CC/C=C\C/C=C\C/C=C\C/C=C\C/C=C\CCCCCCC(O)C(=O)NC(COC1OC(CO)C(O)C(O)C1OC(=O)CCCCCCCCCCCCCCCCCCC/C=C\C/C=C\CCCCC)C(O)/C=C/CCCCCCCCCCC. The highest BCUT2D eigenvalue weighted by Gasteiger charge is 2.47. The molecule has 11 heteroatoms. The summed E-state index contributed by atoms with van der Waals surface area (Å²) in [5.41, 5.74) is 0. The normalized spacial score (nSPS) is 18.8. The number of unbranched alkanes of at least 4 members (excludes halogenated alkanes) is 33. The van der Waals surface area contributed by atoms with Gasteiger partial charge in [0, 0.05) is 6.42 Å². The van der Waals surface area contributed by atoms with Crippen LogP contribution >= 0.6 is 0 Å². The lowest BCUT2D eigenvalue weighted by Gasteiger charge is -2.41. The number of carbonyl (C=O) groups excluding carboxylic acids is 2. The highest BCUT2D eigenvalue weighted by atomic mass is 16.7. The smallest absolute Gasteiger partial charge is 0.306 e. The summed E-state index contributed by atoms with van der Waals surface area (Å²) in [6, 6.07) is -1.04. The van der Waals surface area contributed by atoms with Crippen molar-refractivity contribution in [3.05, 3.63) is 97.2 Å². The Morgan fingerprint density at radius 2 is 0.828 bits per heavy atom. The molecule has 0 bridgehead atoms. The van der Waals surface area contributed by atoms with E-state index in [9.17, 15) is 35.1 Å². The van der Waals surface area contributed by atoms with Crippen LogP contribution in [-0.2, 0) is 23.8 Å². The van der Waals surface area contributed by atoms with E-state index in [1.54, 1.807) is 6.08 Å². The molecule has 6 N–H and O–H groups in total. The van der Waals surface area contributed by atoms with Gasteiger partial charge in [0.1, 0.15) is 24.4 Å². The third kappa shape index (κ3) is 50.0. The summed E-state index contributed by atoms with van der Waals surface area (Å²) in [6.07, 6.45) is 74.5. The lowest BCUT2D eigenvalue weighted by Crippen LogP contribution is -2.61. The molecule has 0 aromatic rings. The second kappa shape index (κ2) is 62.8. The molecule has 0 aliphatic carbocycles. The van der Waals surface area contributed by atoms with Crippen molar-refractivity contribution in [2.24, 2.45) is 0 Å². The van der Waals surface area contributed by atoms with E-state index in [0.29, 0.717) is 12.8 Å². The van der Waals surface area contributed by atoms with E-state index in [-0.39, 0.29) is 19.4 Å². The number of aliphatic hydroxyl groups is 5. The molecule has 1 heterocycles. The van der Waals surface area contributed by atoms with Crippen LogP contribution in [0.5, 0.6) is 0 Å². The Morgan fingerprint density at radius 1 is 0.460 bits per heavy atom. The molecule has 0 spiro atoms. The summed E-state index contributed by atoms with van der Waals surface area (Å²) >= 11 is 0.